The van der Waals surface area contributed by atoms with E-state index in [9.17, 15) is 13.2 Å². The van der Waals surface area contributed by atoms with E-state index in [1.807, 2.05) is 43.3 Å². The molecule has 0 bridgehead atoms. The fourth-order valence-electron chi connectivity index (χ4n) is 3.21. The van der Waals surface area contributed by atoms with E-state index in [4.69, 9.17) is 5.14 Å². The molecule has 3 N–H and O–H groups in total. The Hall–Kier alpha value is -2.97. The number of anilines is 1. The molecule has 1 aliphatic rings. The number of nitrogens with zero attached hydrogens (tertiary/aromatic N) is 2. The molecule has 2 aromatic carbocycles. The van der Waals surface area contributed by atoms with Crippen molar-refractivity contribution in [2.24, 2.45) is 5.14 Å². The standard InChI is InChI=1S/C21H22N4O3S/c1-13-10-17(29(22,27)28)11-18(14(13)2)23-21(26)20-12-19(15-8-9-15)24-25(20)16-6-4-3-5-7-16/h3-7,10-12,15H,8-9H2,1-2H3,(H,23,26)(H2,22,27,28). The molecular formula is C21H22N4O3S. The van der Waals surface area contributed by atoms with Gasteiger partial charge in [-0.05, 0) is 68.1 Å². The van der Waals surface area contributed by atoms with Gasteiger partial charge >= 0.3 is 0 Å². The Morgan fingerprint density at radius 3 is 2.45 bits per heavy atom. The smallest absolute Gasteiger partial charge is 0.274 e. The highest BCUT2D eigenvalue weighted by Gasteiger charge is 2.29. The molecule has 8 heteroatoms. The highest BCUT2D eigenvalue weighted by molar-refractivity contribution is 7.89. The highest BCUT2D eigenvalue weighted by Crippen LogP contribution is 2.40. The lowest BCUT2D eigenvalue weighted by Crippen LogP contribution is -2.19. The van der Waals surface area contributed by atoms with Gasteiger partial charge in [-0.1, -0.05) is 18.2 Å². The molecule has 0 aliphatic heterocycles. The largest absolute Gasteiger partial charge is 0.320 e. The Morgan fingerprint density at radius 1 is 1.14 bits per heavy atom. The molecule has 1 aliphatic carbocycles. The Labute approximate surface area is 169 Å². The van der Waals surface area contributed by atoms with Crippen molar-refractivity contribution in [3.8, 4) is 5.69 Å². The number of nitrogens with one attached hydrogen (secondary N) is 1. The minimum atomic E-state index is -3.88. The number of aryl methyl sites for hydroxylation is 1. The van der Waals surface area contributed by atoms with Gasteiger partial charge in [0.25, 0.3) is 5.91 Å². The summed E-state index contributed by atoms with van der Waals surface area (Å²) >= 11 is 0. The summed E-state index contributed by atoms with van der Waals surface area (Å²) in [5.41, 5.74) is 3.99. The Bertz CT molecular complexity index is 1200. The average Bonchev–Trinajstić information content (AvgIpc) is 3.43. The van der Waals surface area contributed by atoms with Gasteiger partial charge in [-0.25, -0.2) is 18.2 Å². The maximum Gasteiger partial charge on any atom is 0.274 e. The van der Waals surface area contributed by atoms with Crippen molar-refractivity contribution in [1.82, 2.24) is 9.78 Å². The maximum absolute atomic E-state index is 13.1. The molecule has 0 radical (unpaired) electrons. The molecule has 0 atom stereocenters. The summed E-state index contributed by atoms with van der Waals surface area (Å²) in [6.07, 6.45) is 2.14. The molecule has 7 nitrogen and oxygen atoms in total. The second kappa shape index (κ2) is 7.13. The van der Waals surface area contributed by atoms with Crippen LogP contribution in [0.1, 0.15) is 46.1 Å². The molecule has 1 heterocycles. The van der Waals surface area contributed by atoms with Gasteiger partial charge < -0.3 is 5.32 Å². The monoisotopic (exact) mass is 410 g/mol. The first-order chi connectivity index (χ1) is 13.7. The van der Waals surface area contributed by atoms with Crippen LogP contribution in [0.4, 0.5) is 5.69 Å². The Balaban J connectivity index is 1.74. The summed E-state index contributed by atoms with van der Waals surface area (Å²) in [5.74, 6) is 0.0310. The summed E-state index contributed by atoms with van der Waals surface area (Å²) in [5, 5.41) is 12.8. The predicted octanol–water partition coefficient (Wildman–Crippen LogP) is 3.27. The van der Waals surface area contributed by atoms with Gasteiger partial charge in [-0.3, -0.25) is 4.79 Å². The molecule has 0 unspecified atom stereocenters. The van der Waals surface area contributed by atoms with Gasteiger partial charge in [0.05, 0.1) is 16.3 Å². The van der Waals surface area contributed by atoms with E-state index in [-0.39, 0.29) is 10.8 Å². The second-order valence-electron chi connectivity index (χ2n) is 7.39. The number of benzene rings is 2. The van der Waals surface area contributed by atoms with Gasteiger partial charge in [0.15, 0.2) is 0 Å². The van der Waals surface area contributed by atoms with Crippen molar-refractivity contribution in [2.45, 2.75) is 37.5 Å². The van der Waals surface area contributed by atoms with Gasteiger partial charge in [-0.15, -0.1) is 0 Å². The normalized spacial score (nSPS) is 14.0. The van der Waals surface area contributed by atoms with Crippen molar-refractivity contribution in [3.63, 3.8) is 0 Å². The number of carbonyl (C=O) groups is 1. The van der Waals surface area contributed by atoms with Crippen molar-refractivity contribution < 1.29 is 13.2 Å². The quantitative estimate of drug-likeness (QED) is 0.673. The van der Waals surface area contributed by atoms with Crippen molar-refractivity contribution in [3.05, 3.63) is 71.0 Å². The van der Waals surface area contributed by atoms with Gasteiger partial charge in [0.2, 0.25) is 10.0 Å². The number of hydrogen-bond acceptors (Lipinski definition) is 4. The first kappa shape index (κ1) is 19.4. The summed E-state index contributed by atoms with van der Waals surface area (Å²) in [6, 6.07) is 14.2. The van der Waals surface area contributed by atoms with E-state index in [0.29, 0.717) is 17.3 Å². The fourth-order valence-corrected chi connectivity index (χ4v) is 3.84. The van der Waals surface area contributed by atoms with Crippen molar-refractivity contribution in [2.75, 3.05) is 5.32 Å². The number of primary sulfonamides is 1. The average molecular weight is 410 g/mol. The van der Waals surface area contributed by atoms with Crippen molar-refractivity contribution in [1.29, 1.82) is 0 Å². The topological polar surface area (TPSA) is 107 Å². The molecule has 1 amide bonds. The van der Waals surface area contributed by atoms with Crippen LogP contribution < -0.4 is 10.5 Å². The van der Waals surface area contributed by atoms with E-state index in [2.05, 4.69) is 10.4 Å². The number of carbonyl (C=O) groups excluding carboxylic acids is 1. The van der Waals surface area contributed by atoms with Crippen LogP contribution in [0.5, 0.6) is 0 Å². The summed E-state index contributed by atoms with van der Waals surface area (Å²) in [6.45, 7) is 3.60. The summed E-state index contributed by atoms with van der Waals surface area (Å²) in [4.78, 5) is 13.1. The maximum atomic E-state index is 13.1. The van der Waals surface area contributed by atoms with Crippen molar-refractivity contribution >= 4 is 21.6 Å². The Kier molecular flexibility index (Phi) is 4.76. The van der Waals surface area contributed by atoms with Crippen LogP contribution in [-0.2, 0) is 10.0 Å². The molecule has 0 saturated heterocycles. The zero-order valence-corrected chi connectivity index (χ0v) is 17.0. The summed E-state index contributed by atoms with van der Waals surface area (Å²) < 4.78 is 25.2. The number of rotatable bonds is 5. The number of amides is 1. The fraction of sp³-hybridized carbons (Fsp3) is 0.238. The number of aromatic nitrogens is 2. The number of nitrogens with two attached hydrogens (primary N) is 1. The Morgan fingerprint density at radius 2 is 1.83 bits per heavy atom. The van der Waals surface area contributed by atoms with E-state index >= 15 is 0 Å². The van der Waals surface area contributed by atoms with Crippen LogP contribution in [0.2, 0.25) is 0 Å². The van der Waals surface area contributed by atoms with Crippen LogP contribution in [0, 0.1) is 13.8 Å². The number of para-hydroxylation sites is 1. The molecule has 4 rings (SSSR count). The van der Waals surface area contributed by atoms with Crippen LogP contribution in [0.3, 0.4) is 0 Å². The van der Waals surface area contributed by atoms with E-state index in [1.165, 1.54) is 12.1 Å². The van der Waals surface area contributed by atoms with Gasteiger partial charge in [0.1, 0.15) is 5.69 Å². The molecule has 1 fully saturated rings. The van der Waals surface area contributed by atoms with E-state index in [0.717, 1.165) is 35.3 Å². The third-order valence-corrected chi connectivity index (χ3v) is 6.07. The van der Waals surface area contributed by atoms with Crippen LogP contribution in [-0.4, -0.2) is 24.1 Å². The molecule has 1 aromatic heterocycles. The highest BCUT2D eigenvalue weighted by atomic mass is 32.2. The van der Waals surface area contributed by atoms with Gasteiger partial charge in [0, 0.05) is 11.6 Å². The van der Waals surface area contributed by atoms with Crippen LogP contribution in [0.15, 0.2) is 53.4 Å². The second-order valence-corrected chi connectivity index (χ2v) is 8.95. The molecular weight excluding hydrogens is 388 g/mol. The number of sulfonamides is 1. The molecule has 1 saturated carbocycles. The lowest BCUT2D eigenvalue weighted by Gasteiger charge is -2.13. The first-order valence-corrected chi connectivity index (χ1v) is 10.9. The van der Waals surface area contributed by atoms with Crippen LogP contribution >= 0.6 is 0 Å². The van der Waals surface area contributed by atoms with Gasteiger partial charge in [-0.2, -0.15) is 5.10 Å². The first-order valence-electron chi connectivity index (χ1n) is 9.35. The summed E-state index contributed by atoms with van der Waals surface area (Å²) in [7, 11) is -3.88. The zero-order valence-electron chi connectivity index (χ0n) is 16.2. The van der Waals surface area contributed by atoms with E-state index < -0.39 is 10.0 Å². The molecule has 150 valence electrons. The SMILES string of the molecule is Cc1cc(S(N)(=O)=O)cc(NC(=O)c2cc(C3CC3)nn2-c2ccccc2)c1C. The molecule has 29 heavy (non-hydrogen) atoms. The molecule has 0 spiro atoms. The third kappa shape index (κ3) is 3.94. The lowest BCUT2D eigenvalue weighted by atomic mass is 10.1. The minimum absolute atomic E-state index is 0.0360. The predicted molar refractivity (Wildman–Crippen MR) is 111 cm³/mol. The zero-order chi connectivity index (χ0) is 20.8. The number of hydrogen-bond donors (Lipinski definition) is 2. The minimum Gasteiger partial charge on any atom is -0.320 e. The third-order valence-electron chi connectivity index (χ3n) is 5.17. The molecule has 3 aromatic rings. The van der Waals surface area contributed by atoms with E-state index in [1.54, 1.807) is 11.6 Å². The lowest BCUT2D eigenvalue weighted by molar-refractivity contribution is 0.101. The van der Waals surface area contributed by atoms with Crippen LogP contribution in [0.25, 0.3) is 5.69 Å².